The maximum atomic E-state index is 11.2. The van der Waals surface area contributed by atoms with Gasteiger partial charge in [0.15, 0.2) is 5.41 Å². The van der Waals surface area contributed by atoms with Crippen molar-refractivity contribution in [3.8, 4) is 0 Å². The second kappa shape index (κ2) is 10.2. The zero-order valence-corrected chi connectivity index (χ0v) is 12.3. The third-order valence-electron chi connectivity index (χ3n) is 3.42. The number of carboxylic acid groups (broad SMARTS) is 2. The summed E-state index contributed by atoms with van der Waals surface area (Å²) in [5.41, 5.74) is -1.78. The minimum atomic E-state index is -1.78. The lowest BCUT2D eigenvalue weighted by Gasteiger charge is -2.21. The topological polar surface area (TPSA) is 74.6 Å². The van der Waals surface area contributed by atoms with Crippen LogP contribution >= 0.6 is 0 Å². The second-order valence-electron chi connectivity index (χ2n) is 5.06. The van der Waals surface area contributed by atoms with Gasteiger partial charge in [-0.05, 0) is 25.7 Å². The zero-order valence-electron chi connectivity index (χ0n) is 12.3. The molecule has 0 fully saturated rings. The van der Waals surface area contributed by atoms with Crippen molar-refractivity contribution in [2.45, 2.75) is 58.3 Å². The first-order valence-corrected chi connectivity index (χ1v) is 7.24. The Morgan fingerprint density at radius 1 is 1.00 bits per heavy atom. The summed E-state index contributed by atoms with van der Waals surface area (Å²) in [5, 5.41) is 18.3. The summed E-state index contributed by atoms with van der Waals surface area (Å²) in [5.74, 6) is -2.62. The number of rotatable bonds is 12. The SMILES string of the molecule is C=CCC(C/C=C/CCCCCCC)(C(=O)O)C(=O)O. The Hall–Kier alpha value is -1.58. The molecule has 114 valence electrons. The van der Waals surface area contributed by atoms with Gasteiger partial charge in [-0.15, -0.1) is 6.58 Å². The number of unbranched alkanes of at least 4 members (excludes halogenated alkanes) is 5. The molecule has 0 atom stereocenters. The Kier molecular flexibility index (Phi) is 9.43. The molecular weight excluding hydrogens is 256 g/mol. The summed E-state index contributed by atoms with van der Waals surface area (Å²) >= 11 is 0. The van der Waals surface area contributed by atoms with E-state index in [1.807, 2.05) is 6.08 Å². The average Bonchev–Trinajstić information content (AvgIpc) is 2.39. The van der Waals surface area contributed by atoms with Crippen LogP contribution < -0.4 is 0 Å². The molecule has 4 heteroatoms. The molecule has 0 heterocycles. The summed E-state index contributed by atoms with van der Waals surface area (Å²) in [6.07, 6.45) is 11.6. The van der Waals surface area contributed by atoms with Crippen LogP contribution in [0.5, 0.6) is 0 Å². The molecule has 0 bridgehead atoms. The molecule has 0 saturated carbocycles. The van der Waals surface area contributed by atoms with Crippen LogP contribution in [0.3, 0.4) is 0 Å². The number of carbonyl (C=O) groups is 2. The Morgan fingerprint density at radius 3 is 2.10 bits per heavy atom. The van der Waals surface area contributed by atoms with Gasteiger partial charge in [-0.3, -0.25) is 9.59 Å². The highest BCUT2D eigenvalue weighted by atomic mass is 16.4. The summed E-state index contributed by atoms with van der Waals surface area (Å²) in [6.45, 7) is 5.61. The van der Waals surface area contributed by atoms with E-state index in [9.17, 15) is 9.59 Å². The molecule has 20 heavy (non-hydrogen) atoms. The first kappa shape index (κ1) is 18.4. The fourth-order valence-corrected chi connectivity index (χ4v) is 2.04. The van der Waals surface area contributed by atoms with E-state index in [0.717, 1.165) is 19.3 Å². The van der Waals surface area contributed by atoms with Crippen LogP contribution in [0.1, 0.15) is 58.3 Å². The molecule has 0 aromatic carbocycles. The van der Waals surface area contributed by atoms with E-state index in [0.29, 0.717) is 0 Å². The molecular formula is C16H26O4. The average molecular weight is 282 g/mol. The van der Waals surface area contributed by atoms with Gasteiger partial charge in [0.25, 0.3) is 0 Å². The molecule has 0 radical (unpaired) electrons. The molecule has 0 rings (SSSR count). The molecule has 0 saturated heterocycles. The zero-order chi connectivity index (χ0) is 15.4. The summed E-state index contributed by atoms with van der Waals surface area (Å²) in [4.78, 5) is 22.5. The van der Waals surface area contributed by atoms with Crippen LogP contribution in [0.15, 0.2) is 24.8 Å². The van der Waals surface area contributed by atoms with Crippen molar-refractivity contribution in [3.63, 3.8) is 0 Å². The second-order valence-corrected chi connectivity index (χ2v) is 5.06. The standard InChI is InChI=1S/C16H26O4/c1-3-5-6-7-8-9-10-11-13-16(12-4-2,14(17)18)15(19)20/h4,10-11H,2-3,5-9,12-13H2,1H3,(H,17,18)(H,19,20)/b11-10+. The van der Waals surface area contributed by atoms with E-state index in [2.05, 4.69) is 13.5 Å². The summed E-state index contributed by atoms with van der Waals surface area (Å²) in [6, 6.07) is 0. The Bertz CT molecular complexity index is 330. The minimum Gasteiger partial charge on any atom is -0.480 e. The van der Waals surface area contributed by atoms with E-state index in [-0.39, 0.29) is 12.8 Å². The van der Waals surface area contributed by atoms with Crippen LogP contribution in [-0.4, -0.2) is 22.2 Å². The molecule has 4 nitrogen and oxygen atoms in total. The molecule has 0 aliphatic rings. The lowest BCUT2D eigenvalue weighted by Crippen LogP contribution is -2.38. The summed E-state index contributed by atoms with van der Waals surface area (Å²) < 4.78 is 0. The highest BCUT2D eigenvalue weighted by molar-refractivity contribution is 5.98. The molecule has 0 aromatic rings. The first-order valence-electron chi connectivity index (χ1n) is 7.24. The lowest BCUT2D eigenvalue weighted by molar-refractivity contribution is -0.164. The number of aliphatic carboxylic acids is 2. The van der Waals surface area contributed by atoms with E-state index in [1.165, 1.54) is 25.3 Å². The highest BCUT2D eigenvalue weighted by Crippen LogP contribution is 2.29. The fourth-order valence-electron chi connectivity index (χ4n) is 2.04. The van der Waals surface area contributed by atoms with Gasteiger partial charge in [-0.2, -0.15) is 0 Å². The predicted molar refractivity (Wildman–Crippen MR) is 79.7 cm³/mol. The molecule has 0 aromatic heterocycles. The third-order valence-corrected chi connectivity index (χ3v) is 3.42. The normalized spacial score (nSPS) is 11.7. The number of allylic oxidation sites excluding steroid dienone is 3. The van der Waals surface area contributed by atoms with Crippen molar-refractivity contribution >= 4 is 11.9 Å². The Labute approximate surface area is 121 Å². The molecule has 0 aliphatic heterocycles. The van der Waals surface area contributed by atoms with Crippen molar-refractivity contribution in [3.05, 3.63) is 24.8 Å². The molecule has 0 spiro atoms. The van der Waals surface area contributed by atoms with Crippen molar-refractivity contribution in [2.75, 3.05) is 0 Å². The van der Waals surface area contributed by atoms with Crippen LogP contribution in [0.4, 0.5) is 0 Å². The highest BCUT2D eigenvalue weighted by Gasteiger charge is 2.44. The van der Waals surface area contributed by atoms with Crippen LogP contribution in [0.2, 0.25) is 0 Å². The minimum absolute atomic E-state index is 0.00134. The van der Waals surface area contributed by atoms with Crippen molar-refractivity contribution < 1.29 is 19.8 Å². The van der Waals surface area contributed by atoms with Crippen molar-refractivity contribution in [1.82, 2.24) is 0 Å². The van der Waals surface area contributed by atoms with E-state index < -0.39 is 17.4 Å². The molecule has 0 amide bonds. The first-order chi connectivity index (χ1) is 9.51. The van der Waals surface area contributed by atoms with Gasteiger partial charge in [0, 0.05) is 0 Å². The fraction of sp³-hybridized carbons (Fsp3) is 0.625. The monoisotopic (exact) mass is 282 g/mol. The molecule has 0 aliphatic carbocycles. The van der Waals surface area contributed by atoms with Crippen LogP contribution in [0.25, 0.3) is 0 Å². The smallest absolute Gasteiger partial charge is 0.321 e. The molecule has 0 unspecified atom stereocenters. The Balaban J connectivity index is 4.29. The van der Waals surface area contributed by atoms with Gasteiger partial charge >= 0.3 is 11.9 Å². The largest absolute Gasteiger partial charge is 0.480 e. The number of hydrogen-bond donors (Lipinski definition) is 2. The predicted octanol–water partition coefficient (Wildman–Crippen LogP) is 4.02. The maximum Gasteiger partial charge on any atom is 0.321 e. The van der Waals surface area contributed by atoms with E-state index >= 15 is 0 Å². The summed E-state index contributed by atoms with van der Waals surface area (Å²) in [7, 11) is 0. The van der Waals surface area contributed by atoms with Gasteiger partial charge in [0.2, 0.25) is 0 Å². The van der Waals surface area contributed by atoms with Gasteiger partial charge < -0.3 is 10.2 Å². The Morgan fingerprint density at radius 2 is 1.60 bits per heavy atom. The van der Waals surface area contributed by atoms with Gasteiger partial charge in [-0.1, -0.05) is 50.8 Å². The van der Waals surface area contributed by atoms with E-state index in [4.69, 9.17) is 10.2 Å². The quantitative estimate of drug-likeness (QED) is 0.322. The number of hydrogen-bond acceptors (Lipinski definition) is 2. The van der Waals surface area contributed by atoms with Crippen molar-refractivity contribution in [2.24, 2.45) is 5.41 Å². The van der Waals surface area contributed by atoms with E-state index in [1.54, 1.807) is 6.08 Å². The van der Waals surface area contributed by atoms with Gasteiger partial charge in [0.1, 0.15) is 0 Å². The van der Waals surface area contributed by atoms with Crippen LogP contribution in [-0.2, 0) is 9.59 Å². The maximum absolute atomic E-state index is 11.2. The van der Waals surface area contributed by atoms with Crippen LogP contribution in [0, 0.1) is 5.41 Å². The molecule has 2 N–H and O–H groups in total. The van der Waals surface area contributed by atoms with Gasteiger partial charge in [-0.25, -0.2) is 0 Å². The van der Waals surface area contributed by atoms with Crippen molar-refractivity contribution in [1.29, 1.82) is 0 Å². The third kappa shape index (κ3) is 6.04. The van der Waals surface area contributed by atoms with Gasteiger partial charge in [0.05, 0.1) is 0 Å². The number of carboxylic acids is 2. The lowest BCUT2D eigenvalue weighted by atomic mass is 9.81.